The second-order valence-corrected chi connectivity index (χ2v) is 4.78. The van der Waals surface area contributed by atoms with E-state index in [9.17, 15) is 4.39 Å². The van der Waals surface area contributed by atoms with Crippen molar-refractivity contribution in [3.8, 4) is 0 Å². The largest absolute Gasteiger partial charge is 0.329 e. The van der Waals surface area contributed by atoms with Gasteiger partial charge in [0.25, 0.3) is 0 Å². The molecule has 1 nitrogen and oxygen atoms in total. The Balaban J connectivity index is 2.61. The first-order valence-corrected chi connectivity index (χ1v) is 6.40. The molecule has 84 valence electrons. The standard InChI is InChI=1S/C12H18FNS/c1-2-3-8-15-12(9-14)10-6-4-5-7-11(10)13/h4-7,12H,2-3,8-9,14H2,1H3. The quantitative estimate of drug-likeness (QED) is 0.754. The van der Waals surface area contributed by atoms with Crippen molar-refractivity contribution >= 4 is 11.8 Å². The molecule has 0 aliphatic heterocycles. The average molecular weight is 227 g/mol. The fourth-order valence-electron chi connectivity index (χ4n) is 1.39. The smallest absolute Gasteiger partial charge is 0.127 e. The third kappa shape index (κ3) is 3.84. The van der Waals surface area contributed by atoms with Crippen LogP contribution in [0, 0.1) is 5.82 Å². The Morgan fingerprint density at radius 1 is 1.40 bits per heavy atom. The number of unbranched alkanes of at least 4 members (excludes halogenated alkanes) is 1. The first kappa shape index (κ1) is 12.5. The molecule has 1 aromatic carbocycles. The Hall–Kier alpha value is -0.540. The highest BCUT2D eigenvalue weighted by atomic mass is 32.2. The predicted octanol–water partition coefficient (Wildman–Crippen LogP) is 3.36. The molecule has 1 aromatic rings. The maximum Gasteiger partial charge on any atom is 0.127 e. The van der Waals surface area contributed by atoms with Crippen LogP contribution in [0.25, 0.3) is 0 Å². The van der Waals surface area contributed by atoms with E-state index in [1.54, 1.807) is 17.8 Å². The van der Waals surface area contributed by atoms with Crippen molar-refractivity contribution in [3.63, 3.8) is 0 Å². The van der Waals surface area contributed by atoms with Gasteiger partial charge in [-0.3, -0.25) is 0 Å². The zero-order chi connectivity index (χ0) is 11.1. The van der Waals surface area contributed by atoms with E-state index in [1.807, 2.05) is 12.1 Å². The minimum atomic E-state index is -0.142. The summed E-state index contributed by atoms with van der Waals surface area (Å²) < 4.78 is 13.5. The van der Waals surface area contributed by atoms with Crippen molar-refractivity contribution < 1.29 is 4.39 Å². The van der Waals surface area contributed by atoms with Crippen molar-refractivity contribution in [2.45, 2.75) is 25.0 Å². The molecule has 2 N–H and O–H groups in total. The summed E-state index contributed by atoms with van der Waals surface area (Å²) in [6, 6.07) is 6.90. The summed E-state index contributed by atoms with van der Waals surface area (Å²) in [6.07, 6.45) is 2.33. The zero-order valence-corrected chi connectivity index (χ0v) is 9.90. The minimum absolute atomic E-state index is 0.0951. The minimum Gasteiger partial charge on any atom is -0.329 e. The van der Waals surface area contributed by atoms with E-state index in [0.717, 1.165) is 17.7 Å². The molecular weight excluding hydrogens is 209 g/mol. The summed E-state index contributed by atoms with van der Waals surface area (Å²) in [7, 11) is 0. The highest BCUT2D eigenvalue weighted by Gasteiger charge is 2.13. The number of rotatable bonds is 6. The van der Waals surface area contributed by atoms with Gasteiger partial charge in [-0.25, -0.2) is 4.39 Å². The van der Waals surface area contributed by atoms with E-state index >= 15 is 0 Å². The number of hydrogen-bond donors (Lipinski definition) is 1. The van der Waals surface area contributed by atoms with Crippen LogP contribution in [0.1, 0.15) is 30.6 Å². The molecule has 0 saturated carbocycles. The van der Waals surface area contributed by atoms with E-state index < -0.39 is 0 Å². The summed E-state index contributed by atoms with van der Waals surface area (Å²) in [5.41, 5.74) is 6.41. The molecule has 0 heterocycles. The van der Waals surface area contributed by atoms with E-state index in [2.05, 4.69) is 6.92 Å². The van der Waals surface area contributed by atoms with Gasteiger partial charge in [-0.15, -0.1) is 0 Å². The number of thioether (sulfide) groups is 1. The van der Waals surface area contributed by atoms with Crippen molar-refractivity contribution in [2.75, 3.05) is 12.3 Å². The van der Waals surface area contributed by atoms with Crippen molar-refractivity contribution in [3.05, 3.63) is 35.6 Å². The molecule has 0 fully saturated rings. The van der Waals surface area contributed by atoms with Crippen molar-refractivity contribution in [2.24, 2.45) is 5.73 Å². The summed E-state index contributed by atoms with van der Waals surface area (Å²) in [5, 5.41) is 0.0951. The first-order chi connectivity index (χ1) is 7.29. The number of benzene rings is 1. The average Bonchev–Trinajstić information content (AvgIpc) is 2.26. The van der Waals surface area contributed by atoms with Crippen LogP contribution in [0.15, 0.2) is 24.3 Å². The Kier molecular flexibility index (Phi) is 5.73. The highest BCUT2D eigenvalue weighted by molar-refractivity contribution is 7.99. The Morgan fingerprint density at radius 3 is 2.73 bits per heavy atom. The molecule has 0 saturated heterocycles. The Morgan fingerprint density at radius 2 is 2.13 bits per heavy atom. The number of halogens is 1. The lowest BCUT2D eigenvalue weighted by Gasteiger charge is -2.15. The molecule has 1 unspecified atom stereocenters. The number of hydrogen-bond acceptors (Lipinski definition) is 2. The molecule has 1 rings (SSSR count). The number of nitrogens with two attached hydrogens (primary N) is 1. The first-order valence-electron chi connectivity index (χ1n) is 5.35. The SMILES string of the molecule is CCCCSC(CN)c1ccccc1F. The van der Waals surface area contributed by atoms with Gasteiger partial charge in [0, 0.05) is 17.4 Å². The van der Waals surface area contributed by atoms with Gasteiger partial charge in [0.2, 0.25) is 0 Å². The molecule has 0 aromatic heterocycles. The van der Waals surface area contributed by atoms with Gasteiger partial charge in [-0.1, -0.05) is 31.5 Å². The van der Waals surface area contributed by atoms with Crippen LogP contribution in [0.2, 0.25) is 0 Å². The van der Waals surface area contributed by atoms with E-state index in [4.69, 9.17) is 5.73 Å². The van der Waals surface area contributed by atoms with Crippen LogP contribution in [0.3, 0.4) is 0 Å². The lowest BCUT2D eigenvalue weighted by Crippen LogP contribution is -2.11. The summed E-state index contributed by atoms with van der Waals surface area (Å²) in [6.45, 7) is 2.65. The van der Waals surface area contributed by atoms with Crippen LogP contribution in [0.4, 0.5) is 4.39 Å². The molecule has 0 spiro atoms. The van der Waals surface area contributed by atoms with E-state index in [-0.39, 0.29) is 11.1 Å². The van der Waals surface area contributed by atoms with Crippen molar-refractivity contribution in [1.29, 1.82) is 0 Å². The molecule has 15 heavy (non-hydrogen) atoms. The molecule has 3 heteroatoms. The molecular formula is C12H18FNS. The van der Waals surface area contributed by atoms with Crippen molar-refractivity contribution in [1.82, 2.24) is 0 Å². The highest BCUT2D eigenvalue weighted by Crippen LogP contribution is 2.30. The molecule has 0 radical (unpaired) electrons. The summed E-state index contributed by atoms with van der Waals surface area (Å²) in [5.74, 6) is 0.907. The monoisotopic (exact) mass is 227 g/mol. The fraction of sp³-hybridized carbons (Fsp3) is 0.500. The Labute approximate surface area is 95.2 Å². The van der Waals surface area contributed by atoms with E-state index in [1.165, 1.54) is 12.5 Å². The van der Waals surface area contributed by atoms with Crippen LogP contribution in [-0.2, 0) is 0 Å². The van der Waals surface area contributed by atoms with Gasteiger partial charge in [0.15, 0.2) is 0 Å². The molecule has 0 aliphatic rings. The van der Waals surface area contributed by atoms with Crippen LogP contribution < -0.4 is 5.73 Å². The van der Waals surface area contributed by atoms with Crippen LogP contribution >= 0.6 is 11.8 Å². The predicted molar refractivity (Wildman–Crippen MR) is 65.6 cm³/mol. The maximum absolute atomic E-state index is 13.5. The van der Waals surface area contributed by atoms with Gasteiger partial charge in [-0.2, -0.15) is 11.8 Å². The molecule has 0 amide bonds. The van der Waals surface area contributed by atoms with Gasteiger partial charge < -0.3 is 5.73 Å². The summed E-state index contributed by atoms with van der Waals surface area (Å²) >= 11 is 1.75. The third-order valence-electron chi connectivity index (χ3n) is 2.28. The van der Waals surface area contributed by atoms with Crippen LogP contribution in [-0.4, -0.2) is 12.3 Å². The van der Waals surface area contributed by atoms with Crippen LogP contribution in [0.5, 0.6) is 0 Å². The van der Waals surface area contributed by atoms with E-state index in [0.29, 0.717) is 6.54 Å². The summed E-state index contributed by atoms with van der Waals surface area (Å²) in [4.78, 5) is 0. The molecule has 1 atom stereocenters. The lowest BCUT2D eigenvalue weighted by atomic mass is 10.1. The lowest BCUT2D eigenvalue weighted by molar-refractivity contribution is 0.608. The Bertz CT molecular complexity index is 291. The fourth-order valence-corrected chi connectivity index (χ4v) is 2.64. The molecule has 0 aliphatic carbocycles. The molecule has 0 bridgehead atoms. The van der Waals surface area contributed by atoms with Gasteiger partial charge in [0.05, 0.1) is 0 Å². The normalized spacial score (nSPS) is 12.7. The van der Waals surface area contributed by atoms with Gasteiger partial charge >= 0.3 is 0 Å². The van der Waals surface area contributed by atoms with Gasteiger partial charge in [-0.05, 0) is 18.2 Å². The third-order valence-corrected chi connectivity index (χ3v) is 3.66. The maximum atomic E-state index is 13.5. The second-order valence-electron chi connectivity index (χ2n) is 3.47. The zero-order valence-electron chi connectivity index (χ0n) is 9.08. The second kappa shape index (κ2) is 6.85. The van der Waals surface area contributed by atoms with Gasteiger partial charge in [0.1, 0.15) is 5.82 Å². The topological polar surface area (TPSA) is 26.0 Å².